The maximum atomic E-state index is 13.6. The predicted octanol–water partition coefficient (Wildman–Crippen LogP) is 5.26. The van der Waals surface area contributed by atoms with Crippen molar-refractivity contribution in [2.75, 3.05) is 5.32 Å². The van der Waals surface area contributed by atoms with Gasteiger partial charge in [-0.2, -0.15) is 0 Å². The van der Waals surface area contributed by atoms with Gasteiger partial charge in [0.05, 0.1) is 11.4 Å². The summed E-state index contributed by atoms with van der Waals surface area (Å²) < 4.78 is 29.2. The molecule has 0 radical (unpaired) electrons. The van der Waals surface area contributed by atoms with Gasteiger partial charge in [-0.25, -0.2) is 23.4 Å². The summed E-state index contributed by atoms with van der Waals surface area (Å²) in [5.41, 5.74) is 3.04. The van der Waals surface area contributed by atoms with Crippen molar-refractivity contribution in [3.8, 4) is 5.69 Å². The number of benzene rings is 2. The summed E-state index contributed by atoms with van der Waals surface area (Å²) in [5.74, 6) is -2.36. The Morgan fingerprint density at radius 1 is 1.03 bits per heavy atom. The number of hydrogen-bond acceptors (Lipinski definition) is 6. The first-order chi connectivity index (χ1) is 15.8. The highest BCUT2D eigenvalue weighted by molar-refractivity contribution is 9.10. The van der Waals surface area contributed by atoms with Crippen LogP contribution >= 0.6 is 27.7 Å². The number of carbonyl (C=O) groups excluding carboxylic acids is 1. The number of nitrogens with zero attached hydrogens (tertiary/aromatic N) is 5. The summed E-state index contributed by atoms with van der Waals surface area (Å²) in [4.78, 5) is 21.8. The minimum absolute atomic E-state index is 0.0551. The molecule has 2 aromatic heterocycles. The first-order valence-corrected chi connectivity index (χ1v) is 11.5. The molecule has 0 spiro atoms. The third-order valence-electron chi connectivity index (χ3n) is 4.53. The summed E-state index contributed by atoms with van der Waals surface area (Å²) in [7, 11) is 0. The van der Waals surface area contributed by atoms with Gasteiger partial charge in [-0.1, -0.05) is 32.9 Å². The van der Waals surface area contributed by atoms with Gasteiger partial charge in [0.15, 0.2) is 22.5 Å². The van der Waals surface area contributed by atoms with E-state index >= 15 is 0 Å². The molecule has 0 aliphatic rings. The number of anilines is 1. The summed E-state index contributed by atoms with van der Waals surface area (Å²) >= 11 is 4.74. The van der Waals surface area contributed by atoms with Crippen LogP contribution in [0.2, 0.25) is 0 Å². The Morgan fingerprint density at radius 3 is 2.39 bits per heavy atom. The van der Waals surface area contributed by atoms with Gasteiger partial charge >= 0.3 is 0 Å². The van der Waals surface area contributed by atoms with Gasteiger partial charge in [0.1, 0.15) is 0 Å². The molecule has 1 N–H and O–H groups in total. The largest absolute Gasteiger partial charge is 0.320 e. The molecular weight excluding hydrogens is 514 g/mol. The van der Waals surface area contributed by atoms with E-state index < -0.39 is 17.5 Å². The zero-order chi connectivity index (χ0) is 23.5. The Morgan fingerprint density at radius 2 is 1.73 bits per heavy atom. The van der Waals surface area contributed by atoms with Crippen LogP contribution in [0.1, 0.15) is 27.6 Å². The highest BCUT2D eigenvalue weighted by atomic mass is 79.9. The average molecular weight is 531 g/mol. The van der Waals surface area contributed by atoms with Crippen LogP contribution in [-0.2, 0) is 5.75 Å². The number of carbonyl (C=O) groups is 1. The quantitative estimate of drug-likeness (QED) is 0.270. The molecule has 0 saturated carbocycles. The van der Waals surface area contributed by atoms with E-state index in [1.54, 1.807) is 4.68 Å². The molecule has 4 aromatic rings. The summed E-state index contributed by atoms with van der Waals surface area (Å²) in [6, 6.07) is 12.4. The van der Waals surface area contributed by atoms with Gasteiger partial charge in [0.25, 0.3) is 5.91 Å². The Kier molecular flexibility index (Phi) is 6.80. The maximum Gasteiger partial charge on any atom is 0.278 e. The van der Waals surface area contributed by atoms with E-state index in [1.807, 2.05) is 44.2 Å². The smallest absolute Gasteiger partial charge is 0.278 e. The lowest BCUT2D eigenvalue weighted by atomic mass is 10.2. The standard InChI is InChI=1S/C22H17BrF2N6OS/c1-12-9-13(2)27-22(26-12)33-11-19-20(21(32)28-15-5-8-17(24)18(25)10-15)29-30-31(19)16-6-3-14(23)4-7-16/h3-10H,11H2,1-2H3,(H,28,32). The van der Waals surface area contributed by atoms with Crippen molar-refractivity contribution in [3.05, 3.63) is 87.4 Å². The van der Waals surface area contributed by atoms with E-state index in [-0.39, 0.29) is 11.4 Å². The molecule has 0 aliphatic carbocycles. The van der Waals surface area contributed by atoms with E-state index in [1.165, 1.54) is 17.8 Å². The number of thioether (sulfide) groups is 1. The van der Waals surface area contributed by atoms with Crippen molar-refractivity contribution >= 4 is 39.3 Å². The molecule has 2 aromatic carbocycles. The molecule has 0 fully saturated rings. The van der Waals surface area contributed by atoms with E-state index in [2.05, 4.69) is 41.5 Å². The maximum absolute atomic E-state index is 13.6. The number of aryl methyl sites for hydroxylation is 2. The lowest BCUT2D eigenvalue weighted by Gasteiger charge is -2.09. The fourth-order valence-electron chi connectivity index (χ4n) is 3.05. The van der Waals surface area contributed by atoms with E-state index in [0.717, 1.165) is 28.0 Å². The zero-order valence-corrected chi connectivity index (χ0v) is 19.9. The average Bonchev–Trinajstić information content (AvgIpc) is 3.19. The molecule has 33 heavy (non-hydrogen) atoms. The Labute approximate surface area is 200 Å². The molecule has 2 heterocycles. The monoisotopic (exact) mass is 530 g/mol. The van der Waals surface area contributed by atoms with Crippen molar-refractivity contribution < 1.29 is 13.6 Å². The van der Waals surface area contributed by atoms with Crippen molar-refractivity contribution in [1.82, 2.24) is 25.0 Å². The van der Waals surface area contributed by atoms with Crippen LogP contribution < -0.4 is 5.32 Å². The Balaban J connectivity index is 1.67. The van der Waals surface area contributed by atoms with Crippen molar-refractivity contribution in [2.24, 2.45) is 0 Å². The topological polar surface area (TPSA) is 85.6 Å². The third-order valence-corrected chi connectivity index (χ3v) is 5.91. The van der Waals surface area contributed by atoms with E-state index in [4.69, 9.17) is 0 Å². The van der Waals surface area contributed by atoms with E-state index in [0.29, 0.717) is 22.3 Å². The van der Waals surface area contributed by atoms with Gasteiger partial charge in [-0.05, 0) is 56.3 Å². The molecule has 0 atom stereocenters. The number of hydrogen-bond donors (Lipinski definition) is 1. The van der Waals surface area contributed by atoms with Crippen LogP contribution in [0, 0.1) is 25.5 Å². The molecular formula is C22H17BrF2N6OS. The molecule has 4 rings (SSSR count). The van der Waals surface area contributed by atoms with Gasteiger partial charge in [0.2, 0.25) is 0 Å². The molecule has 0 unspecified atom stereocenters. The second-order valence-electron chi connectivity index (χ2n) is 7.08. The molecule has 168 valence electrons. The second kappa shape index (κ2) is 9.75. The fourth-order valence-corrected chi connectivity index (χ4v) is 4.26. The number of halogens is 3. The lowest BCUT2D eigenvalue weighted by molar-refractivity contribution is 0.102. The number of rotatable bonds is 6. The van der Waals surface area contributed by atoms with E-state index in [9.17, 15) is 13.6 Å². The SMILES string of the molecule is Cc1cc(C)nc(SCc2c(C(=O)Nc3ccc(F)c(F)c3)nnn2-c2ccc(Br)cc2)n1. The van der Waals surface area contributed by atoms with Crippen LogP contribution in [0.3, 0.4) is 0 Å². The molecule has 11 heteroatoms. The summed E-state index contributed by atoms with van der Waals surface area (Å²) in [6.07, 6.45) is 0. The lowest BCUT2D eigenvalue weighted by Crippen LogP contribution is -2.15. The minimum Gasteiger partial charge on any atom is -0.320 e. The van der Waals surface area contributed by atoms with Crippen LogP contribution in [0.25, 0.3) is 5.69 Å². The third kappa shape index (κ3) is 5.42. The number of nitrogens with one attached hydrogen (secondary N) is 1. The van der Waals surface area contributed by atoms with Gasteiger partial charge in [-0.15, -0.1) is 5.10 Å². The van der Waals surface area contributed by atoms with Gasteiger partial charge in [0, 0.05) is 33.4 Å². The Hall–Kier alpha value is -3.18. The zero-order valence-electron chi connectivity index (χ0n) is 17.5. The van der Waals surface area contributed by atoms with Gasteiger partial charge < -0.3 is 5.32 Å². The number of amides is 1. The Bertz CT molecular complexity index is 1310. The molecule has 7 nitrogen and oxygen atoms in total. The summed E-state index contributed by atoms with van der Waals surface area (Å²) in [6.45, 7) is 3.76. The highest BCUT2D eigenvalue weighted by Gasteiger charge is 2.22. The minimum atomic E-state index is -1.06. The van der Waals surface area contributed by atoms with Crippen LogP contribution in [0.15, 0.2) is 58.2 Å². The van der Waals surface area contributed by atoms with Crippen molar-refractivity contribution in [2.45, 2.75) is 24.8 Å². The van der Waals surface area contributed by atoms with Crippen LogP contribution in [-0.4, -0.2) is 30.9 Å². The molecule has 1 amide bonds. The van der Waals surface area contributed by atoms with Crippen molar-refractivity contribution in [3.63, 3.8) is 0 Å². The second-order valence-corrected chi connectivity index (χ2v) is 8.94. The molecule has 0 saturated heterocycles. The van der Waals surface area contributed by atoms with Crippen LogP contribution in [0.5, 0.6) is 0 Å². The molecule has 0 bridgehead atoms. The fraction of sp³-hybridized carbons (Fsp3) is 0.136. The molecule has 0 aliphatic heterocycles. The van der Waals surface area contributed by atoms with Gasteiger partial charge in [-0.3, -0.25) is 4.79 Å². The normalized spacial score (nSPS) is 10.9. The van der Waals surface area contributed by atoms with Crippen LogP contribution in [0.4, 0.5) is 14.5 Å². The van der Waals surface area contributed by atoms with Crippen molar-refractivity contribution in [1.29, 1.82) is 0 Å². The number of aromatic nitrogens is 5. The highest BCUT2D eigenvalue weighted by Crippen LogP contribution is 2.25. The first-order valence-electron chi connectivity index (χ1n) is 9.72. The summed E-state index contributed by atoms with van der Waals surface area (Å²) in [5, 5.41) is 11.3. The first kappa shape index (κ1) is 23.0. The predicted molar refractivity (Wildman–Crippen MR) is 124 cm³/mol.